The van der Waals surface area contributed by atoms with Gasteiger partial charge in [-0.25, -0.2) is 9.97 Å². The molecule has 0 radical (unpaired) electrons. The van der Waals surface area contributed by atoms with Crippen LogP contribution in [0.1, 0.15) is 24.0 Å². The minimum Gasteiger partial charge on any atom is -1.00 e. The summed E-state index contributed by atoms with van der Waals surface area (Å²) in [5.74, 6) is 1.37. The molecule has 2 N–H and O–H groups in total. The lowest BCUT2D eigenvalue weighted by atomic mass is 10.2. The van der Waals surface area contributed by atoms with Crippen molar-refractivity contribution in [2.75, 3.05) is 5.73 Å². The second kappa shape index (κ2) is 7.99. The molecule has 0 saturated carbocycles. The number of hydrogen-bond donors (Lipinski definition) is 1. The van der Waals surface area contributed by atoms with E-state index in [1.807, 2.05) is 13.1 Å². The number of nitrogen functional groups attached to an aromatic ring is 1. The third-order valence-corrected chi connectivity index (χ3v) is 4.53. The highest BCUT2D eigenvalue weighted by atomic mass is 79.9. The summed E-state index contributed by atoms with van der Waals surface area (Å²) in [6, 6.07) is 4.28. The molecule has 0 fully saturated rings. The first kappa shape index (κ1) is 19.0. The minimum absolute atomic E-state index is 0. The molecular weight excluding hydrogens is 428 g/mol. The molecule has 3 heterocycles. The molecule has 0 aliphatic carbocycles. The number of nitrogens with zero attached hydrogens (tertiary/aromatic N) is 3. The molecule has 0 bridgehead atoms. The highest BCUT2D eigenvalue weighted by molar-refractivity contribution is 8.93. The lowest BCUT2D eigenvalue weighted by molar-refractivity contribution is -0.692. The molecule has 0 aliphatic rings. The number of aromatic nitrogens is 3. The van der Waals surface area contributed by atoms with Gasteiger partial charge in [-0.1, -0.05) is 6.92 Å². The molecule has 0 atom stereocenters. The Balaban J connectivity index is 0.00000121. The number of nitrogens with two attached hydrogens (primary N) is 1. The number of aryl methyl sites for hydroxylation is 2. The van der Waals surface area contributed by atoms with E-state index in [-0.39, 0.29) is 34.0 Å². The van der Waals surface area contributed by atoms with Crippen LogP contribution in [0.15, 0.2) is 29.9 Å². The summed E-state index contributed by atoms with van der Waals surface area (Å²) in [7, 11) is 0. The van der Waals surface area contributed by atoms with Crippen LogP contribution in [0.25, 0.3) is 10.1 Å². The van der Waals surface area contributed by atoms with Gasteiger partial charge in [0.2, 0.25) is 0 Å². The normalized spacial score (nSPS) is 10.1. The monoisotopic (exact) mass is 444 g/mol. The molecule has 0 unspecified atom stereocenters. The fourth-order valence-corrected chi connectivity index (χ4v) is 3.17. The summed E-state index contributed by atoms with van der Waals surface area (Å²) in [6.07, 6.45) is 4.74. The molecule has 0 aliphatic heterocycles. The first-order chi connectivity index (χ1) is 9.69. The van der Waals surface area contributed by atoms with Gasteiger partial charge in [-0.05, 0) is 11.4 Å². The second-order valence-electron chi connectivity index (χ2n) is 4.78. The van der Waals surface area contributed by atoms with Crippen LogP contribution in [-0.2, 0) is 13.0 Å². The predicted octanol–water partition coefficient (Wildman–Crippen LogP) is 0.0620. The Bertz CT molecular complexity index is 773. The van der Waals surface area contributed by atoms with Crippen molar-refractivity contribution in [1.82, 2.24) is 9.97 Å². The number of anilines is 1. The van der Waals surface area contributed by atoms with Gasteiger partial charge in [0, 0.05) is 31.0 Å². The van der Waals surface area contributed by atoms with E-state index >= 15 is 0 Å². The summed E-state index contributed by atoms with van der Waals surface area (Å²) >= 11 is 1.77. The third kappa shape index (κ3) is 3.64. The van der Waals surface area contributed by atoms with Crippen LogP contribution in [0, 0.1) is 6.92 Å². The summed E-state index contributed by atoms with van der Waals surface area (Å²) < 4.78 is 3.51. The fourth-order valence-electron chi connectivity index (χ4n) is 2.26. The van der Waals surface area contributed by atoms with Crippen LogP contribution >= 0.6 is 28.3 Å². The SMILES string of the molecule is Br.CCc1ncc(C[n+]2ccc3ccsc3c2C)c(N)n1.[Br-]. The molecule has 4 nitrogen and oxygen atoms in total. The average Bonchev–Trinajstić information content (AvgIpc) is 2.93. The summed E-state index contributed by atoms with van der Waals surface area (Å²) in [5, 5.41) is 3.41. The fraction of sp³-hybridized carbons (Fsp3) is 0.267. The van der Waals surface area contributed by atoms with Crippen molar-refractivity contribution in [3.8, 4) is 0 Å². The van der Waals surface area contributed by atoms with Crippen molar-refractivity contribution in [2.24, 2.45) is 0 Å². The van der Waals surface area contributed by atoms with Crippen molar-refractivity contribution < 1.29 is 21.5 Å². The predicted molar refractivity (Wildman–Crippen MR) is 92.0 cm³/mol. The quantitative estimate of drug-likeness (QED) is 0.580. The van der Waals surface area contributed by atoms with Crippen molar-refractivity contribution in [1.29, 1.82) is 0 Å². The molecular formula is C15H18Br2N4S. The van der Waals surface area contributed by atoms with E-state index in [2.05, 4.69) is 45.2 Å². The maximum atomic E-state index is 6.03. The van der Waals surface area contributed by atoms with E-state index in [4.69, 9.17) is 5.73 Å². The largest absolute Gasteiger partial charge is 1.00 e. The molecule has 0 saturated heterocycles. The smallest absolute Gasteiger partial charge is 0.196 e. The topological polar surface area (TPSA) is 55.7 Å². The molecule has 7 heteroatoms. The number of halogens is 2. The second-order valence-corrected chi connectivity index (χ2v) is 5.70. The van der Waals surface area contributed by atoms with Gasteiger partial charge >= 0.3 is 0 Å². The van der Waals surface area contributed by atoms with E-state index < -0.39 is 0 Å². The van der Waals surface area contributed by atoms with E-state index in [1.165, 1.54) is 15.8 Å². The van der Waals surface area contributed by atoms with Crippen LogP contribution in [0.2, 0.25) is 0 Å². The van der Waals surface area contributed by atoms with Crippen LogP contribution in [0.5, 0.6) is 0 Å². The van der Waals surface area contributed by atoms with Gasteiger partial charge in [-0.15, -0.1) is 28.3 Å². The first-order valence-corrected chi connectivity index (χ1v) is 7.53. The lowest BCUT2D eigenvalue weighted by Gasteiger charge is -2.05. The van der Waals surface area contributed by atoms with E-state index in [1.54, 1.807) is 11.3 Å². The van der Waals surface area contributed by atoms with Gasteiger partial charge in [0.25, 0.3) is 0 Å². The highest BCUT2D eigenvalue weighted by Crippen LogP contribution is 2.21. The van der Waals surface area contributed by atoms with E-state index in [0.717, 1.165) is 17.8 Å². The number of pyridine rings is 1. The van der Waals surface area contributed by atoms with Crippen molar-refractivity contribution >= 4 is 44.2 Å². The van der Waals surface area contributed by atoms with Crippen molar-refractivity contribution in [3.05, 3.63) is 47.0 Å². The highest BCUT2D eigenvalue weighted by Gasteiger charge is 2.14. The van der Waals surface area contributed by atoms with Crippen LogP contribution < -0.4 is 27.3 Å². The zero-order chi connectivity index (χ0) is 14.1. The Morgan fingerprint density at radius 1 is 1.32 bits per heavy atom. The van der Waals surface area contributed by atoms with Gasteiger partial charge in [0.15, 0.2) is 18.4 Å². The Morgan fingerprint density at radius 3 is 2.77 bits per heavy atom. The number of thiophene rings is 1. The van der Waals surface area contributed by atoms with Gasteiger partial charge < -0.3 is 22.7 Å². The zero-order valence-electron chi connectivity index (χ0n) is 12.4. The Labute approximate surface area is 155 Å². The van der Waals surface area contributed by atoms with Crippen LogP contribution in [-0.4, -0.2) is 9.97 Å². The molecule has 118 valence electrons. The van der Waals surface area contributed by atoms with Gasteiger partial charge in [0.05, 0.1) is 5.56 Å². The van der Waals surface area contributed by atoms with Gasteiger partial charge in [-0.3, -0.25) is 0 Å². The first-order valence-electron chi connectivity index (χ1n) is 6.65. The molecule has 0 aromatic carbocycles. The Hall–Kier alpha value is -1.05. The number of hydrogen-bond acceptors (Lipinski definition) is 4. The standard InChI is InChI=1S/C15H17N4S.2BrH/c1-3-13-17-8-12(15(16)18-13)9-19-6-4-11-5-7-20-14(11)10(19)2;;/h4-8H,3,9H2,1-2H3,(H2,16,17,18);2*1H/q+1;;/p-1. The van der Waals surface area contributed by atoms with Crippen molar-refractivity contribution in [2.45, 2.75) is 26.8 Å². The zero-order valence-corrected chi connectivity index (χ0v) is 16.5. The number of fused-ring (bicyclic) bond motifs is 1. The summed E-state index contributed by atoms with van der Waals surface area (Å²) in [4.78, 5) is 8.66. The molecule has 0 amide bonds. The molecule has 3 aromatic rings. The maximum absolute atomic E-state index is 6.03. The van der Waals surface area contributed by atoms with Gasteiger partial charge in [0.1, 0.15) is 16.3 Å². The van der Waals surface area contributed by atoms with Gasteiger partial charge in [-0.2, -0.15) is 4.57 Å². The lowest BCUT2D eigenvalue weighted by Crippen LogP contribution is -3.00. The number of rotatable bonds is 3. The van der Waals surface area contributed by atoms with Crippen molar-refractivity contribution in [3.63, 3.8) is 0 Å². The minimum atomic E-state index is 0. The van der Waals surface area contributed by atoms with E-state index in [0.29, 0.717) is 12.4 Å². The summed E-state index contributed by atoms with van der Waals surface area (Å²) in [6.45, 7) is 4.86. The van der Waals surface area contributed by atoms with E-state index in [9.17, 15) is 0 Å². The molecule has 0 spiro atoms. The molecule has 22 heavy (non-hydrogen) atoms. The summed E-state index contributed by atoms with van der Waals surface area (Å²) in [5.41, 5.74) is 8.24. The third-order valence-electron chi connectivity index (χ3n) is 3.49. The van der Waals surface area contributed by atoms with Crippen LogP contribution in [0.4, 0.5) is 5.82 Å². The maximum Gasteiger partial charge on any atom is 0.196 e. The Morgan fingerprint density at radius 2 is 2.09 bits per heavy atom. The molecule has 3 aromatic heterocycles. The van der Waals surface area contributed by atoms with Crippen LogP contribution in [0.3, 0.4) is 0 Å². The average molecular weight is 446 g/mol. The Kier molecular flexibility index (Phi) is 6.90. The molecule has 3 rings (SSSR count).